The van der Waals surface area contributed by atoms with Crippen LogP contribution >= 0.6 is 0 Å². The van der Waals surface area contributed by atoms with E-state index in [2.05, 4.69) is 0 Å². The molecule has 0 amide bonds. The number of nitrogens with zero attached hydrogens (tertiary/aromatic N) is 2. The molecule has 0 radical (unpaired) electrons. The lowest BCUT2D eigenvalue weighted by atomic mass is 10.0. The molecule has 1 N–H and O–H groups in total. The van der Waals surface area contributed by atoms with Crippen molar-refractivity contribution in [2.75, 3.05) is 0 Å². The third kappa shape index (κ3) is 1.88. The van der Waals surface area contributed by atoms with Crippen LogP contribution in [-0.4, -0.2) is 5.11 Å². The topological polar surface area (TPSA) is 67.8 Å². The Morgan fingerprint density at radius 2 is 1.72 bits per heavy atom. The first-order valence-corrected chi connectivity index (χ1v) is 5.09. The number of hydrogen-bond donors (Lipinski definition) is 1. The summed E-state index contributed by atoms with van der Waals surface area (Å²) in [5, 5.41) is 27.0. The fourth-order valence-electron chi connectivity index (χ4n) is 1.63. The van der Waals surface area contributed by atoms with Crippen molar-refractivity contribution in [1.29, 1.82) is 10.5 Å². The zero-order chi connectivity index (χ0) is 13.1. The largest absolute Gasteiger partial charge is 0.507 e. The van der Waals surface area contributed by atoms with Crippen molar-refractivity contribution in [3.05, 3.63) is 53.3 Å². The molecule has 0 aliphatic heterocycles. The fourth-order valence-corrected chi connectivity index (χ4v) is 1.63. The highest BCUT2D eigenvalue weighted by Crippen LogP contribution is 2.29. The van der Waals surface area contributed by atoms with Gasteiger partial charge in [-0.25, -0.2) is 4.39 Å². The van der Waals surface area contributed by atoms with Gasteiger partial charge < -0.3 is 5.11 Å². The molecule has 0 unspecified atom stereocenters. The highest BCUT2D eigenvalue weighted by atomic mass is 19.1. The van der Waals surface area contributed by atoms with Crippen LogP contribution in [-0.2, 0) is 0 Å². The summed E-state index contributed by atoms with van der Waals surface area (Å²) in [5.41, 5.74) is 0.696. The molecule has 86 valence electrons. The molecule has 2 aromatic rings. The number of halogens is 1. The van der Waals surface area contributed by atoms with Gasteiger partial charge in [-0.3, -0.25) is 0 Å². The quantitative estimate of drug-likeness (QED) is 0.830. The van der Waals surface area contributed by atoms with Crippen LogP contribution in [0.5, 0.6) is 5.75 Å². The van der Waals surface area contributed by atoms with Gasteiger partial charge in [-0.15, -0.1) is 0 Å². The van der Waals surface area contributed by atoms with Crippen LogP contribution < -0.4 is 0 Å². The molecule has 0 fully saturated rings. The monoisotopic (exact) mass is 238 g/mol. The Kier molecular flexibility index (Phi) is 2.95. The van der Waals surface area contributed by atoms with E-state index >= 15 is 0 Å². The summed E-state index contributed by atoms with van der Waals surface area (Å²) in [6.45, 7) is 0. The molecule has 0 atom stereocenters. The molecule has 0 bridgehead atoms. The van der Waals surface area contributed by atoms with Crippen LogP contribution in [0.3, 0.4) is 0 Å². The van der Waals surface area contributed by atoms with Crippen LogP contribution in [0.2, 0.25) is 0 Å². The number of rotatable bonds is 1. The first-order chi connectivity index (χ1) is 8.67. The van der Waals surface area contributed by atoms with E-state index in [1.54, 1.807) is 12.1 Å². The minimum Gasteiger partial charge on any atom is -0.507 e. The maximum atomic E-state index is 13.9. The number of benzene rings is 2. The molecule has 0 aliphatic rings. The van der Waals surface area contributed by atoms with E-state index in [1.165, 1.54) is 30.3 Å². The van der Waals surface area contributed by atoms with Gasteiger partial charge in [-0.1, -0.05) is 18.2 Å². The Hall–Kier alpha value is -2.85. The van der Waals surface area contributed by atoms with Gasteiger partial charge in [0.05, 0.1) is 11.1 Å². The smallest absolute Gasteiger partial charge is 0.148 e. The standard InChI is InChI=1S/C14H7FN2O/c15-14-11(8-17)2-1-3-12(14)9-4-5-10(7-16)13(18)6-9/h1-6,18H. The minimum absolute atomic E-state index is 0.0589. The van der Waals surface area contributed by atoms with Crippen LogP contribution in [0.25, 0.3) is 11.1 Å². The summed E-state index contributed by atoms with van der Waals surface area (Å²) in [7, 11) is 0. The molecule has 2 aromatic carbocycles. The number of phenols is 1. The third-order valence-electron chi connectivity index (χ3n) is 2.55. The molecule has 0 heterocycles. The summed E-state index contributed by atoms with van der Waals surface area (Å²) >= 11 is 0. The molecule has 0 spiro atoms. The minimum atomic E-state index is -0.635. The Morgan fingerprint density at radius 1 is 1.00 bits per heavy atom. The van der Waals surface area contributed by atoms with Crippen molar-refractivity contribution >= 4 is 0 Å². The van der Waals surface area contributed by atoms with E-state index in [4.69, 9.17) is 10.5 Å². The van der Waals surface area contributed by atoms with Gasteiger partial charge in [0, 0.05) is 5.56 Å². The van der Waals surface area contributed by atoms with Crippen molar-refractivity contribution in [3.8, 4) is 29.0 Å². The van der Waals surface area contributed by atoms with E-state index in [9.17, 15) is 9.50 Å². The molecule has 0 aliphatic carbocycles. The molecule has 0 saturated heterocycles. The second-order valence-corrected chi connectivity index (χ2v) is 3.62. The SMILES string of the molecule is N#Cc1ccc(-c2cccc(C#N)c2F)cc1O. The summed E-state index contributed by atoms with van der Waals surface area (Å²) in [5.74, 6) is -0.846. The number of hydrogen-bond acceptors (Lipinski definition) is 3. The van der Waals surface area contributed by atoms with Gasteiger partial charge in [0.15, 0.2) is 0 Å². The van der Waals surface area contributed by atoms with Gasteiger partial charge in [0.1, 0.15) is 23.7 Å². The van der Waals surface area contributed by atoms with Crippen LogP contribution in [0.4, 0.5) is 4.39 Å². The Morgan fingerprint density at radius 3 is 2.33 bits per heavy atom. The summed E-state index contributed by atoms with van der Waals surface area (Å²) in [6.07, 6.45) is 0. The van der Waals surface area contributed by atoms with Crippen molar-refractivity contribution in [1.82, 2.24) is 0 Å². The van der Waals surface area contributed by atoms with Gasteiger partial charge >= 0.3 is 0 Å². The van der Waals surface area contributed by atoms with E-state index in [0.717, 1.165) is 0 Å². The molecule has 4 heteroatoms. The molecule has 0 aromatic heterocycles. The van der Waals surface area contributed by atoms with Crippen molar-refractivity contribution in [3.63, 3.8) is 0 Å². The molecule has 2 rings (SSSR count). The Balaban J connectivity index is 2.61. The highest BCUT2D eigenvalue weighted by Gasteiger charge is 2.11. The normalized spacial score (nSPS) is 9.50. The molecule has 18 heavy (non-hydrogen) atoms. The molecule has 3 nitrogen and oxygen atoms in total. The number of aromatic hydroxyl groups is 1. The molecule has 0 saturated carbocycles. The van der Waals surface area contributed by atoms with Gasteiger partial charge in [-0.2, -0.15) is 10.5 Å². The van der Waals surface area contributed by atoms with Crippen LogP contribution in [0.1, 0.15) is 11.1 Å². The lowest BCUT2D eigenvalue weighted by molar-refractivity contribution is 0.474. The average molecular weight is 238 g/mol. The van der Waals surface area contributed by atoms with Crippen molar-refractivity contribution in [2.24, 2.45) is 0 Å². The van der Waals surface area contributed by atoms with E-state index in [0.29, 0.717) is 5.56 Å². The lowest BCUT2D eigenvalue weighted by Crippen LogP contribution is -1.89. The zero-order valence-electron chi connectivity index (χ0n) is 9.18. The third-order valence-corrected chi connectivity index (χ3v) is 2.55. The van der Waals surface area contributed by atoms with Gasteiger partial charge in [0.25, 0.3) is 0 Å². The highest BCUT2D eigenvalue weighted by molar-refractivity contribution is 5.69. The van der Waals surface area contributed by atoms with Gasteiger partial charge in [0.2, 0.25) is 0 Å². The zero-order valence-corrected chi connectivity index (χ0v) is 9.18. The first-order valence-electron chi connectivity index (χ1n) is 5.09. The number of phenolic OH excluding ortho intramolecular Hbond substituents is 1. The van der Waals surface area contributed by atoms with Crippen molar-refractivity contribution < 1.29 is 9.50 Å². The van der Waals surface area contributed by atoms with Crippen LogP contribution in [0.15, 0.2) is 36.4 Å². The summed E-state index contributed by atoms with van der Waals surface area (Å²) < 4.78 is 13.9. The summed E-state index contributed by atoms with van der Waals surface area (Å²) in [6, 6.07) is 12.3. The Bertz CT molecular complexity index is 696. The Labute approximate surface area is 103 Å². The second kappa shape index (κ2) is 4.57. The predicted octanol–water partition coefficient (Wildman–Crippen LogP) is 2.94. The fraction of sp³-hybridized carbons (Fsp3) is 0. The molecular formula is C14H7FN2O. The second-order valence-electron chi connectivity index (χ2n) is 3.62. The maximum Gasteiger partial charge on any atom is 0.148 e. The van der Waals surface area contributed by atoms with Crippen molar-refractivity contribution in [2.45, 2.75) is 0 Å². The lowest BCUT2D eigenvalue weighted by Gasteiger charge is -2.05. The number of nitriles is 2. The first kappa shape index (κ1) is 11.6. The summed E-state index contributed by atoms with van der Waals surface area (Å²) in [4.78, 5) is 0. The average Bonchev–Trinajstić information content (AvgIpc) is 2.39. The van der Waals surface area contributed by atoms with E-state index < -0.39 is 5.82 Å². The van der Waals surface area contributed by atoms with E-state index in [1.807, 2.05) is 6.07 Å². The maximum absolute atomic E-state index is 13.9. The van der Waals surface area contributed by atoms with E-state index in [-0.39, 0.29) is 22.4 Å². The molecular weight excluding hydrogens is 231 g/mol. The predicted molar refractivity (Wildman–Crippen MR) is 62.9 cm³/mol. The van der Waals surface area contributed by atoms with Gasteiger partial charge in [-0.05, 0) is 23.8 Å². The van der Waals surface area contributed by atoms with Crippen LogP contribution in [0, 0.1) is 28.5 Å².